The van der Waals surface area contributed by atoms with Gasteiger partial charge in [0, 0.05) is 16.6 Å². The molecule has 1 amide bonds. The van der Waals surface area contributed by atoms with Crippen molar-refractivity contribution in [2.75, 3.05) is 11.9 Å². The van der Waals surface area contributed by atoms with Crippen molar-refractivity contribution in [1.29, 1.82) is 5.26 Å². The van der Waals surface area contributed by atoms with E-state index in [4.69, 9.17) is 14.4 Å². The zero-order chi connectivity index (χ0) is 17.1. The molecule has 0 aliphatic heterocycles. The van der Waals surface area contributed by atoms with Crippen molar-refractivity contribution in [1.82, 2.24) is 0 Å². The second kappa shape index (κ2) is 6.47. The lowest BCUT2D eigenvalue weighted by Gasteiger charge is -2.04. The number of ether oxygens (including phenoxy) is 1. The molecule has 24 heavy (non-hydrogen) atoms. The van der Waals surface area contributed by atoms with Gasteiger partial charge in [-0.3, -0.25) is 4.79 Å². The Morgan fingerprint density at radius 1 is 1.29 bits per heavy atom. The molecule has 0 saturated heterocycles. The number of hydrogen-bond acceptors (Lipinski definition) is 4. The number of rotatable bonds is 4. The van der Waals surface area contributed by atoms with Crippen LogP contribution in [0.1, 0.15) is 28.6 Å². The predicted molar refractivity (Wildman–Crippen MR) is 91.2 cm³/mol. The van der Waals surface area contributed by atoms with Gasteiger partial charge in [-0.1, -0.05) is 6.07 Å². The fourth-order valence-corrected chi connectivity index (χ4v) is 2.53. The van der Waals surface area contributed by atoms with E-state index in [2.05, 4.69) is 5.32 Å². The molecule has 120 valence electrons. The zero-order valence-corrected chi connectivity index (χ0v) is 13.4. The fraction of sp³-hybridized carbons (Fsp3) is 0.158. The van der Waals surface area contributed by atoms with E-state index in [1.165, 1.54) is 0 Å². The van der Waals surface area contributed by atoms with Crippen LogP contribution in [0.25, 0.3) is 11.0 Å². The topological polar surface area (TPSA) is 75.3 Å². The quantitative estimate of drug-likeness (QED) is 0.779. The van der Waals surface area contributed by atoms with Crippen molar-refractivity contribution in [2.24, 2.45) is 0 Å². The van der Waals surface area contributed by atoms with Gasteiger partial charge in [-0.25, -0.2) is 0 Å². The molecule has 3 aromatic rings. The highest BCUT2D eigenvalue weighted by molar-refractivity contribution is 6.06. The summed E-state index contributed by atoms with van der Waals surface area (Å²) in [7, 11) is 0. The predicted octanol–water partition coefficient (Wildman–Crippen LogP) is 4.26. The van der Waals surface area contributed by atoms with Crippen molar-refractivity contribution in [3.8, 4) is 11.8 Å². The van der Waals surface area contributed by atoms with Gasteiger partial charge in [0.15, 0.2) is 5.76 Å². The normalized spacial score (nSPS) is 10.4. The van der Waals surface area contributed by atoms with Crippen molar-refractivity contribution in [3.05, 3.63) is 59.4 Å². The number of nitrogens with one attached hydrogen (secondary N) is 1. The minimum atomic E-state index is -0.350. The summed E-state index contributed by atoms with van der Waals surface area (Å²) in [5.74, 6) is 0.639. The molecule has 0 aliphatic rings. The van der Waals surface area contributed by atoms with Crippen LogP contribution in [0, 0.1) is 18.3 Å². The van der Waals surface area contributed by atoms with Crippen LogP contribution in [0.3, 0.4) is 0 Å². The Balaban J connectivity index is 1.92. The Hall–Kier alpha value is -3.26. The van der Waals surface area contributed by atoms with Gasteiger partial charge >= 0.3 is 0 Å². The smallest absolute Gasteiger partial charge is 0.291 e. The molecule has 5 heteroatoms. The lowest BCUT2D eigenvalue weighted by molar-refractivity contribution is 0.0998. The third-order valence-corrected chi connectivity index (χ3v) is 3.67. The number of nitriles is 1. The zero-order valence-electron chi connectivity index (χ0n) is 13.4. The maximum Gasteiger partial charge on any atom is 0.291 e. The van der Waals surface area contributed by atoms with Gasteiger partial charge in [-0.15, -0.1) is 0 Å². The van der Waals surface area contributed by atoms with Crippen LogP contribution in [0.2, 0.25) is 0 Å². The molecule has 0 bridgehead atoms. The summed E-state index contributed by atoms with van der Waals surface area (Å²) in [5.41, 5.74) is 2.41. The van der Waals surface area contributed by atoms with Gasteiger partial charge in [0.1, 0.15) is 11.3 Å². The van der Waals surface area contributed by atoms with Crippen molar-refractivity contribution in [2.45, 2.75) is 13.8 Å². The Morgan fingerprint density at radius 2 is 2.12 bits per heavy atom. The molecule has 2 aromatic carbocycles. The minimum absolute atomic E-state index is 0.251. The summed E-state index contributed by atoms with van der Waals surface area (Å²) in [5, 5.41) is 12.5. The van der Waals surface area contributed by atoms with Gasteiger partial charge in [0.05, 0.1) is 18.2 Å². The largest absolute Gasteiger partial charge is 0.494 e. The Kier molecular flexibility index (Phi) is 4.21. The van der Waals surface area contributed by atoms with Gasteiger partial charge < -0.3 is 14.5 Å². The molecule has 0 saturated carbocycles. The Bertz CT molecular complexity index is 951. The lowest BCUT2D eigenvalue weighted by atomic mass is 10.1. The van der Waals surface area contributed by atoms with E-state index in [-0.39, 0.29) is 11.7 Å². The number of furan rings is 1. The summed E-state index contributed by atoms with van der Waals surface area (Å²) in [6.07, 6.45) is 0. The molecule has 5 nitrogen and oxygen atoms in total. The first-order valence-corrected chi connectivity index (χ1v) is 7.60. The summed E-state index contributed by atoms with van der Waals surface area (Å²) in [6.45, 7) is 4.33. The number of fused-ring (bicyclic) bond motifs is 1. The van der Waals surface area contributed by atoms with Crippen LogP contribution in [-0.2, 0) is 0 Å². The molecule has 0 radical (unpaired) electrons. The number of nitrogens with zero attached hydrogens (tertiary/aromatic N) is 1. The number of anilines is 1. The van der Waals surface area contributed by atoms with E-state index in [0.29, 0.717) is 23.4 Å². The number of aryl methyl sites for hydroxylation is 1. The van der Waals surface area contributed by atoms with Gasteiger partial charge in [0.25, 0.3) is 5.91 Å². The SMILES string of the molecule is CCOc1ccc2oc(C(=O)Nc3cccc(C#N)c3)c(C)c2c1. The van der Waals surface area contributed by atoms with Crippen LogP contribution in [0.5, 0.6) is 5.75 Å². The first-order valence-electron chi connectivity index (χ1n) is 7.60. The van der Waals surface area contributed by atoms with Crippen LogP contribution < -0.4 is 10.1 Å². The number of benzene rings is 2. The summed E-state index contributed by atoms with van der Waals surface area (Å²) < 4.78 is 11.2. The maximum absolute atomic E-state index is 12.5. The highest BCUT2D eigenvalue weighted by Crippen LogP contribution is 2.29. The first-order chi connectivity index (χ1) is 11.6. The van der Waals surface area contributed by atoms with Crippen LogP contribution >= 0.6 is 0 Å². The van der Waals surface area contributed by atoms with Gasteiger partial charge in [0.2, 0.25) is 0 Å². The molecule has 0 atom stereocenters. The van der Waals surface area contributed by atoms with E-state index in [9.17, 15) is 4.79 Å². The number of carbonyl (C=O) groups excluding carboxylic acids is 1. The minimum Gasteiger partial charge on any atom is -0.494 e. The molecule has 1 heterocycles. The molecular formula is C19H16N2O3. The summed E-state index contributed by atoms with van der Waals surface area (Å²) >= 11 is 0. The van der Waals surface area contributed by atoms with E-state index < -0.39 is 0 Å². The third-order valence-electron chi connectivity index (χ3n) is 3.67. The molecule has 1 N–H and O–H groups in total. The van der Waals surface area contributed by atoms with E-state index in [1.54, 1.807) is 30.3 Å². The molecule has 3 rings (SSSR count). The van der Waals surface area contributed by atoms with E-state index in [0.717, 1.165) is 16.7 Å². The van der Waals surface area contributed by atoms with Crippen molar-refractivity contribution >= 4 is 22.6 Å². The van der Waals surface area contributed by atoms with Crippen molar-refractivity contribution < 1.29 is 13.9 Å². The Morgan fingerprint density at radius 3 is 2.88 bits per heavy atom. The summed E-state index contributed by atoms with van der Waals surface area (Å²) in [4.78, 5) is 12.5. The highest BCUT2D eigenvalue weighted by atomic mass is 16.5. The van der Waals surface area contributed by atoms with E-state index >= 15 is 0 Å². The molecule has 0 unspecified atom stereocenters. The van der Waals surface area contributed by atoms with Gasteiger partial charge in [-0.2, -0.15) is 5.26 Å². The fourth-order valence-electron chi connectivity index (χ4n) is 2.53. The maximum atomic E-state index is 12.5. The van der Waals surface area contributed by atoms with Crippen LogP contribution in [0.15, 0.2) is 46.9 Å². The average Bonchev–Trinajstić information content (AvgIpc) is 2.92. The van der Waals surface area contributed by atoms with E-state index in [1.807, 2.05) is 32.0 Å². The molecule has 0 aliphatic carbocycles. The second-order valence-corrected chi connectivity index (χ2v) is 5.29. The first kappa shape index (κ1) is 15.6. The lowest BCUT2D eigenvalue weighted by Crippen LogP contribution is -2.12. The monoisotopic (exact) mass is 320 g/mol. The number of hydrogen-bond donors (Lipinski definition) is 1. The summed E-state index contributed by atoms with van der Waals surface area (Å²) in [6, 6.07) is 14.2. The molecular weight excluding hydrogens is 304 g/mol. The highest BCUT2D eigenvalue weighted by Gasteiger charge is 2.18. The van der Waals surface area contributed by atoms with Crippen LogP contribution in [0.4, 0.5) is 5.69 Å². The Labute approximate surface area is 139 Å². The number of carbonyl (C=O) groups is 1. The second-order valence-electron chi connectivity index (χ2n) is 5.29. The van der Waals surface area contributed by atoms with Gasteiger partial charge in [-0.05, 0) is 50.2 Å². The molecule has 0 fully saturated rings. The standard InChI is InChI=1S/C19H16N2O3/c1-3-23-15-7-8-17-16(10-15)12(2)18(24-17)19(22)21-14-6-4-5-13(9-14)11-20/h4-10H,3H2,1-2H3,(H,21,22). The third kappa shape index (κ3) is 2.95. The number of amides is 1. The molecule has 0 spiro atoms. The van der Waals surface area contributed by atoms with Crippen molar-refractivity contribution in [3.63, 3.8) is 0 Å². The molecule has 1 aromatic heterocycles. The van der Waals surface area contributed by atoms with Crippen LogP contribution in [-0.4, -0.2) is 12.5 Å². The average molecular weight is 320 g/mol.